The maximum Gasteiger partial charge on any atom is 0.225 e. The summed E-state index contributed by atoms with van der Waals surface area (Å²) in [5.41, 5.74) is 7.60. The minimum Gasteiger partial charge on any atom is -0.369 e. The average molecular weight is 369 g/mol. The van der Waals surface area contributed by atoms with Gasteiger partial charge in [0.05, 0.1) is 5.41 Å². The minimum absolute atomic E-state index is 0.237. The summed E-state index contributed by atoms with van der Waals surface area (Å²) < 4.78 is 0. The number of benzene rings is 1. The van der Waals surface area contributed by atoms with Gasteiger partial charge in [-0.3, -0.25) is 9.59 Å². The molecule has 2 aliphatic rings. The molecule has 4 rings (SSSR count). The Morgan fingerprint density at radius 3 is 2.35 bits per heavy atom. The molecule has 1 aliphatic heterocycles. The maximum atomic E-state index is 12.3. The molecule has 4 nitrogen and oxygen atoms in total. The molecule has 136 valence electrons. The van der Waals surface area contributed by atoms with Crippen LogP contribution < -0.4 is 5.73 Å². The highest BCUT2D eigenvalue weighted by Crippen LogP contribution is 2.38. The molecule has 1 saturated heterocycles. The summed E-state index contributed by atoms with van der Waals surface area (Å²) >= 11 is 1.72. The van der Waals surface area contributed by atoms with Crippen LogP contribution in [0, 0.1) is 11.3 Å². The normalized spacial score (nSPS) is 19.3. The maximum absolute atomic E-state index is 12.3. The van der Waals surface area contributed by atoms with Crippen molar-refractivity contribution in [2.75, 3.05) is 13.1 Å². The molecular weight excluding hydrogens is 344 g/mol. The first kappa shape index (κ1) is 17.3. The van der Waals surface area contributed by atoms with E-state index in [1.165, 1.54) is 10.4 Å². The first-order valence-electron chi connectivity index (χ1n) is 9.29. The Bertz CT molecular complexity index is 786. The van der Waals surface area contributed by atoms with Crippen LogP contribution in [0.2, 0.25) is 0 Å². The van der Waals surface area contributed by atoms with Crippen LogP contribution in [0.4, 0.5) is 0 Å². The Morgan fingerprint density at radius 1 is 1.12 bits per heavy atom. The standard InChI is InChI=1S/C21H24N2O2S/c22-20(25)21(9-11-23(12-10-21)19(24)17-7-8-17)14-15-3-5-16(6-4-15)18-2-1-13-26-18/h1-6,13,17H,7-12,14H2,(H2,22,25). The topological polar surface area (TPSA) is 63.4 Å². The molecule has 0 atom stereocenters. The van der Waals surface area contributed by atoms with Crippen molar-refractivity contribution in [1.82, 2.24) is 4.90 Å². The molecule has 1 aromatic heterocycles. The van der Waals surface area contributed by atoms with Gasteiger partial charge in [0.2, 0.25) is 11.8 Å². The van der Waals surface area contributed by atoms with Gasteiger partial charge in [0, 0.05) is 23.9 Å². The quantitative estimate of drug-likeness (QED) is 0.878. The number of likely N-dealkylation sites (tertiary alicyclic amines) is 1. The second-order valence-corrected chi connectivity index (χ2v) is 8.54. The van der Waals surface area contributed by atoms with Crippen LogP contribution in [-0.2, 0) is 16.0 Å². The molecule has 1 aliphatic carbocycles. The van der Waals surface area contributed by atoms with E-state index in [1.807, 2.05) is 11.0 Å². The third-order valence-corrected chi connectivity index (χ3v) is 6.70. The predicted octanol–water partition coefficient (Wildman–Crippen LogP) is 3.46. The summed E-state index contributed by atoms with van der Waals surface area (Å²) in [6, 6.07) is 12.6. The van der Waals surface area contributed by atoms with Crippen LogP contribution in [0.1, 0.15) is 31.2 Å². The smallest absolute Gasteiger partial charge is 0.225 e. The van der Waals surface area contributed by atoms with Crippen molar-refractivity contribution in [3.05, 3.63) is 47.3 Å². The fourth-order valence-corrected chi connectivity index (χ4v) is 4.61. The summed E-state index contributed by atoms with van der Waals surface area (Å²) in [5.74, 6) is 0.266. The lowest BCUT2D eigenvalue weighted by atomic mass is 9.73. The zero-order valence-corrected chi connectivity index (χ0v) is 15.6. The molecule has 2 N–H and O–H groups in total. The van der Waals surface area contributed by atoms with Crippen molar-refractivity contribution in [2.24, 2.45) is 17.1 Å². The second-order valence-electron chi connectivity index (χ2n) is 7.60. The van der Waals surface area contributed by atoms with Crippen LogP contribution in [0.15, 0.2) is 41.8 Å². The minimum atomic E-state index is -0.537. The molecular formula is C21H24N2O2S. The second kappa shape index (κ2) is 6.88. The van der Waals surface area contributed by atoms with Crippen molar-refractivity contribution in [1.29, 1.82) is 0 Å². The molecule has 2 aromatic rings. The monoisotopic (exact) mass is 368 g/mol. The lowest BCUT2D eigenvalue weighted by Gasteiger charge is -2.40. The number of thiophene rings is 1. The van der Waals surface area contributed by atoms with E-state index in [2.05, 4.69) is 35.7 Å². The van der Waals surface area contributed by atoms with E-state index in [9.17, 15) is 9.59 Å². The Hall–Kier alpha value is -2.14. The van der Waals surface area contributed by atoms with Crippen molar-refractivity contribution < 1.29 is 9.59 Å². The van der Waals surface area contributed by atoms with Crippen LogP contribution in [0.25, 0.3) is 10.4 Å². The number of carbonyl (C=O) groups is 2. The van der Waals surface area contributed by atoms with E-state index >= 15 is 0 Å². The molecule has 2 amide bonds. The molecule has 0 spiro atoms. The van der Waals surface area contributed by atoms with E-state index in [1.54, 1.807) is 11.3 Å². The van der Waals surface area contributed by atoms with Gasteiger partial charge in [-0.15, -0.1) is 11.3 Å². The number of nitrogens with two attached hydrogens (primary N) is 1. The van der Waals surface area contributed by atoms with E-state index < -0.39 is 5.41 Å². The summed E-state index contributed by atoms with van der Waals surface area (Å²) in [5, 5.41) is 2.07. The zero-order chi connectivity index (χ0) is 18.1. The number of carbonyl (C=O) groups excluding carboxylic acids is 2. The molecule has 0 radical (unpaired) electrons. The largest absolute Gasteiger partial charge is 0.369 e. The van der Waals surface area contributed by atoms with Crippen LogP contribution in [0.5, 0.6) is 0 Å². The average Bonchev–Trinajstić information content (AvgIpc) is 3.36. The highest BCUT2D eigenvalue weighted by atomic mass is 32.1. The van der Waals surface area contributed by atoms with Gasteiger partial charge in [-0.05, 0) is 54.7 Å². The van der Waals surface area contributed by atoms with E-state index in [-0.39, 0.29) is 17.7 Å². The van der Waals surface area contributed by atoms with Crippen LogP contribution >= 0.6 is 11.3 Å². The number of hydrogen-bond donors (Lipinski definition) is 1. The molecule has 5 heteroatoms. The summed E-state index contributed by atoms with van der Waals surface area (Å²) in [6.07, 6.45) is 4.01. The summed E-state index contributed by atoms with van der Waals surface area (Å²) in [4.78, 5) is 27.7. The van der Waals surface area contributed by atoms with Gasteiger partial charge in [0.25, 0.3) is 0 Å². The highest BCUT2D eigenvalue weighted by Gasteiger charge is 2.43. The molecule has 26 heavy (non-hydrogen) atoms. The number of primary amides is 1. The van der Waals surface area contributed by atoms with Crippen molar-refractivity contribution >= 4 is 23.2 Å². The number of nitrogens with zero attached hydrogens (tertiary/aromatic N) is 1. The van der Waals surface area contributed by atoms with Gasteiger partial charge in [-0.2, -0.15) is 0 Å². The number of rotatable bonds is 5. The summed E-state index contributed by atoms with van der Waals surface area (Å²) in [7, 11) is 0. The Labute approximate surface area is 158 Å². The molecule has 2 heterocycles. The number of hydrogen-bond acceptors (Lipinski definition) is 3. The SMILES string of the molecule is NC(=O)C1(Cc2ccc(-c3cccs3)cc2)CCN(C(=O)C2CC2)CC1. The third kappa shape index (κ3) is 3.40. The third-order valence-electron chi connectivity index (χ3n) is 5.78. The van der Waals surface area contributed by atoms with Gasteiger partial charge < -0.3 is 10.6 Å². The fraction of sp³-hybridized carbons (Fsp3) is 0.429. The van der Waals surface area contributed by atoms with Crippen molar-refractivity contribution in [3.63, 3.8) is 0 Å². The van der Waals surface area contributed by atoms with Crippen LogP contribution in [-0.4, -0.2) is 29.8 Å². The van der Waals surface area contributed by atoms with E-state index in [0.29, 0.717) is 32.4 Å². The zero-order valence-electron chi connectivity index (χ0n) is 14.8. The van der Waals surface area contributed by atoms with Gasteiger partial charge in [-0.1, -0.05) is 30.3 Å². The molecule has 0 bridgehead atoms. The molecule has 1 aromatic carbocycles. The predicted molar refractivity (Wildman–Crippen MR) is 104 cm³/mol. The highest BCUT2D eigenvalue weighted by molar-refractivity contribution is 7.13. The Balaban J connectivity index is 1.45. The van der Waals surface area contributed by atoms with Crippen molar-refractivity contribution in [3.8, 4) is 10.4 Å². The lowest BCUT2D eigenvalue weighted by Crippen LogP contribution is -2.50. The van der Waals surface area contributed by atoms with Gasteiger partial charge in [0.15, 0.2) is 0 Å². The first-order valence-corrected chi connectivity index (χ1v) is 10.2. The number of piperidine rings is 1. The van der Waals surface area contributed by atoms with E-state index in [4.69, 9.17) is 5.73 Å². The molecule has 2 fully saturated rings. The first-order chi connectivity index (χ1) is 12.6. The van der Waals surface area contributed by atoms with Crippen molar-refractivity contribution in [2.45, 2.75) is 32.1 Å². The van der Waals surface area contributed by atoms with Gasteiger partial charge in [-0.25, -0.2) is 0 Å². The fourth-order valence-electron chi connectivity index (χ4n) is 3.87. The van der Waals surface area contributed by atoms with E-state index in [0.717, 1.165) is 18.4 Å². The molecule has 0 unspecified atom stereocenters. The summed E-state index contributed by atoms with van der Waals surface area (Å²) in [6.45, 7) is 1.29. The van der Waals surface area contributed by atoms with Gasteiger partial charge in [0.1, 0.15) is 0 Å². The number of amides is 2. The van der Waals surface area contributed by atoms with Gasteiger partial charge >= 0.3 is 0 Å². The lowest BCUT2D eigenvalue weighted by molar-refractivity contribution is -0.139. The Morgan fingerprint density at radius 2 is 1.81 bits per heavy atom. The molecule has 1 saturated carbocycles. The Kier molecular flexibility index (Phi) is 4.57. The van der Waals surface area contributed by atoms with Crippen LogP contribution in [0.3, 0.4) is 0 Å².